The molecule has 10 heteroatoms. The number of carbonyl (C=O) groups is 1. The molecule has 0 aliphatic carbocycles. The van der Waals surface area contributed by atoms with Crippen LogP contribution in [0, 0.1) is 0 Å². The number of phenolic OH excluding ortho intramolecular Hbond substituents is 1. The van der Waals surface area contributed by atoms with Gasteiger partial charge < -0.3 is 33.5 Å². The molecule has 0 aromatic heterocycles. The Labute approximate surface area is 229 Å². The van der Waals surface area contributed by atoms with Gasteiger partial charge in [-0.15, -0.1) is 0 Å². The lowest BCUT2D eigenvalue weighted by Crippen LogP contribution is -2.18. The highest BCUT2D eigenvalue weighted by atomic mass is 16.7. The number of aromatic hydroxyl groups is 1. The van der Waals surface area contributed by atoms with Crippen molar-refractivity contribution in [3.8, 4) is 51.4 Å². The molecule has 2 heterocycles. The molecule has 204 valence electrons. The van der Waals surface area contributed by atoms with Gasteiger partial charge in [0.2, 0.25) is 6.79 Å². The molecule has 2 aliphatic rings. The Morgan fingerprint density at radius 1 is 0.800 bits per heavy atom. The largest absolute Gasteiger partial charge is 0.507 e. The minimum Gasteiger partial charge on any atom is -0.507 e. The summed E-state index contributed by atoms with van der Waals surface area (Å²) in [7, 11) is 6.17. The number of methoxy groups -OCH3 is 4. The second kappa shape index (κ2) is 9.88. The molecule has 1 amide bonds. The molecule has 0 atom stereocenters. The van der Waals surface area contributed by atoms with E-state index in [2.05, 4.69) is 5.10 Å². The molecular formula is C30H26N2O8. The zero-order valence-electron chi connectivity index (χ0n) is 22.3. The topological polar surface area (TPSA) is 108 Å². The van der Waals surface area contributed by atoms with Crippen molar-refractivity contribution in [3.63, 3.8) is 0 Å². The third kappa shape index (κ3) is 3.96. The van der Waals surface area contributed by atoms with Gasteiger partial charge in [-0.25, -0.2) is 5.01 Å². The molecule has 4 aromatic carbocycles. The lowest BCUT2D eigenvalue weighted by Gasteiger charge is -2.17. The molecule has 4 aromatic rings. The molecule has 0 spiro atoms. The summed E-state index contributed by atoms with van der Waals surface area (Å²) < 4.78 is 32.8. The zero-order chi connectivity index (χ0) is 28.0. The van der Waals surface area contributed by atoms with Crippen molar-refractivity contribution in [1.82, 2.24) is 5.01 Å². The predicted molar refractivity (Wildman–Crippen MR) is 147 cm³/mol. The van der Waals surface area contributed by atoms with Crippen molar-refractivity contribution in [2.75, 3.05) is 35.2 Å². The fourth-order valence-corrected chi connectivity index (χ4v) is 5.10. The van der Waals surface area contributed by atoms with Crippen LogP contribution in [0.5, 0.6) is 40.2 Å². The van der Waals surface area contributed by atoms with Crippen LogP contribution in [-0.2, 0) is 6.54 Å². The van der Waals surface area contributed by atoms with E-state index in [4.69, 9.17) is 28.4 Å². The third-order valence-electron chi connectivity index (χ3n) is 7.06. The molecule has 2 aliphatic heterocycles. The fraction of sp³-hybridized carbons (Fsp3) is 0.200. The summed E-state index contributed by atoms with van der Waals surface area (Å²) in [6.45, 7) is 0.196. The molecule has 40 heavy (non-hydrogen) atoms. The first-order valence-electron chi connectivity index (χ1n) is 12.4. The number of ether oxygens (including phenoxy) is 6. The maximum absolute atomic E-state index is 13.9. The van der Waals surface area contributed by atoms with Crippen molar-refractivity contribution >= 4 is 22.9 Å². The molecule has 10 nitrogen and oxygen atoms in total. The van der Waals surface area contributed by atoms with Crippen LogP contribution >= 0.6 is 0 Å². The van der Waals surface area contributed by atoms with Crippen LogP contribution in [-0.4, -0.2) is 57.5 Å². The molecule has 1 N–H and O–H groups in total. The smallest absolute Gasteiger partial charge is 0.275 e. The third-order valence-corrected chi connectivity index (χ3v) is 7.06. The van der Waals surface area contributed by atoms with Gasteiger partial charge in [0.05, 0.1) is 46.8 Å². The fourth-order valence-electron chi connectivity index (χ4n) is 5.10. The van der Waals surface area contributed by atoms with Crippen LogP contribution in [0.3, 0.4) is 0 Å². The van der Waals surface area contributed by atoms with Crippen LogP contribution in [0.2, 0.25) is 0 Å². The molecular weight excluding hydrogens is 516 g/mol. The van der Waals surface area contributed by atoms with Gasteiger partial charge in [-0.05, 0) is 59.0 Å². The summed E-state index contributed by atoms with van der Waals surface area (Å²) in [5, 5.41) is 18.4. The first-order valence-corrected chi connectivity index (χ1v) is 12.4. The second-order valence-corrected chi connectivity index (χ2v) is 9.12. The van der Waals surface area contributed by atoms with Gasteiger partial charge >= 0.3 is 0 Å². The molecule has 0 unspecified atom stereocenters. The summed E-state index contributed by atoms with van der Waals surface area (Å²) >= 11 is 0. The van der Waals surface area contributed by atoms with Crippen molar-refractivity contribution in [3.05, 3.63) is 65.2 Å². The summed E-state index contributed by atoms with van der Waals surface area (Å²) in [6, 6.07) is 14.3. The Morgan fingerprint density at radius 2 is 1.48 bits per heavy atom. The van der Waals surface area contributed by atoms with Gasteiger partial charge in [0, 0.05) is 16.5 Å². The van der Waals surface area contributed by atoms with Crippen molar-refractivity contribution in [2.45, 2.75) is 6.54 Å². The Kier molecular flexibility index (Phi) is 6.22. The van der Waals surface area contributed by atoms with Gasteiger partial charge in [0.15, 0.2) is 34.5 Å². The summed E-state index contributed by atoms with van der Waals surface area (Å²) in [5.41, 5.74) is 2.86. The number of hydrazone groups is 1. The van der Waals surface area contributed by atoms with Crippen LogP contribution in [0.15, 0.2) is 53.6 Å². The highest BCUT2D eigenvalue weighted by Crippen LogP contribution is 2.49. The molecule has 0 bridgehead atoms. The Bertz CT molecular complexity index is 1700. The molecule has 0 saturated carbocycles. The molecule has 6 rings (SSSR count). The van der Waals surface area contributed by atoms with Gasteiger partial charge in [-0.2, -0.15) is 5.10 Å². The van der Waals surface area contributed by atoms with E-state index >= 15 is 0 Å². The van der Waals surface area contributed by atoms with Crippen LogP contribution < -0.4 is 28.4 Å². The Morgan fingerprint density at radius 3 is 2.20 bits per heavy atom. The summed E-state index contributed by atoms with van der Waals surface area (Å²) in [4.78, 5) is 13.9. The number of nitrogens with zero attached hydrogens (tertiary/aromatic N) is 2. The van der Waals surface area contributed by atoms with E-state index in [9.17, 15) is 9.90 Å². The van der Waals surface area contributed by atoms with Crippen LogP contribution in [0.4, 0.5) is 0 Å². The number of phenols is 1. The SMILES string of the molecule is COc1ccc(/C=N/N2Cc3c(c(-c4ccc5c(c4)OCO5)c4cc(OC)c(OC)cc4c3O)C2=O)cc1OC. The minimum absolute atomic E-state index is 0.0207. The number of carbonyl (C=O) groups excluding carboxylic acids is 1. The van der Waals surface area contributed by atoms with E-state index in [1.165, 1.54) is 19.2 Å². The first kappa shape index (κ1) is 25.2. The molecule has 0 radical (unpaired) electrons. The Balaban J connectivity index is 1.51. The average molecular weight is 543 g/mol. The maximum atomic E-state index is 13.9. The van der Waals surface area contributed by atoms with E-state index in [1.807, 2.05) is 12.1 Å². The highest BCUT2D eigenvalue weighted by molar-refractivity contribution is 6.15. The zero-order valence-corrected chi connectivity index (χ0v) is 22.3. The number of hydrogen-bond acceptors (Lipinski definition) is 9. The van der Waals surface area contributed by atoms with Crippen molar-refractivity contribution in [1.29, 1.82) is 0 Å². The Hall–Kier alpha value is -5.12. The van der Waals surface area contributed by atoms with E-state index < -0.39 is 0 Å². The lowest BCUT2D eigenvalue weighted by molar-refractivity contribution is 0.0785. The molecule has 0 fully saturated rings. The normalized spacial score (nSPS) is 13.7. The summed E-state index contributed by atoms with van der Waals surface area (Å²) in [6.07, 6.45) is 1.56. The quantitative estimate of drug-likeness (QED) is 0.326. The standard InChI is InChI=1S/C30H26N2O8/c1-35-21-7-5-16(9-23(21)36-2)13-31-32-14-20-28(30(32)34)27(17-6-8-22-26(10-17)40-15-39-22)18-11-24(37-3)25(38-4)12-19(18)29(20)33/h5-13,33H,14-15H2,1-4H3/b31-13+. The van der Waals surface area contributed by atoms with E-state index in [0.717, 1.165) is 5.56 Å². The highest BCUT2D eigenvalue weighted by Gasteiger charge is 2.36. The number of rotatable bonds is 7. The number of amides is 1. The lowest BCUT2D eigenvalue weighted by atomic mass is 9.89. The molecule has 0 saturated heterocycles. The van der Waals surface area contributed by atoms with Crippen LogP contribution in [0.25, 0.3) is 21.9 Å². The van der Waals surface area contributed by atoms with Gasteiger partial charge in [-0.3, -0.25) is 4.79 Å². The van der Waals surface area contributed by atoms with E-state index in [-0.39, 0.29) is 25.0 Å². The minimum atomic E-state index is -0.355. The van der Waals surface area contributed by atoms with Crippen molar-refractivity contribution in [2.24, 2.45) is 5.10 Å². The number of hydrogen-bond donors (Lipinski definition) is 1. The van der Waals surface area contributed by atoms with E-state index in [1.54, 1.807) is 56.8 Å². The predicted octanol–water partition coefficient (Wildman–Crippen LogP) is 4.97. The van der Waals surface area contributed by atoms with Gasteiger partial charge in [-0.1, -0.05) is 6.07 Å². The van der Waals surface area contributed by atoms with Crippen molar-refractivity contribution < 1.29 is 38.3 Å². The second-order valence-electron chi connectivity index (χ2n) is 9.12. The summed E-state index contributed by atoms with van der Waals surface area (Å²) in [5.74, 6) is 2.86. The average Bonchev–Trinajstić information content (AvgIpc) is 3.59. The van der Waals surface area contributed by atoms with Crippen LogP contribution in [0.1, 0.15) is 21.5 Å². The number of fused-ring (bicyclic) bond motifs is 3. The maximum Gasteiger partial charge on any atom is 0.275 e. The first-order chi connectivity index (χ1) is 19.5. The van der Waals surface area contributed by atoms with Gasteiger partial charge in [0.1, 0.15) is 5.75 Å². The van der Waals surface area contributed by atoms with Gasteiger partial charge in [0.25, 0.3) is 5.91 Å². The van der Waals surface area contributed by atoms with E-state index in [0.29, 0.717) is 67.5 Å². The monoisotopic (exact) mass is 542 g/mol. The number of benzene rings is 4.